The molecular formula is C25H17ClN4O3. The van der Waals surface area contributed by atoms with Crippen LogP contribution >= 0.6 is 11.6 Å². The Kier molecular flexibility index (Phi) is 6.20. The topological polar surface area (TPSA) is 96.5 Å². The summed E-state index contributed by atoms with van der Waals surface area (Å²) in [5, 5.41) is 12.8. The Balaban J connectivity index is 1.79. The van der Waals surface area contributed by atoms with Crippen LogP contribution < -0.4 is 15.6 Å². The summed E-state index contributed by atoms with van der Waals surface area (Å²) in [6, 6.07) is 20.6. The first-order chi connectivity index (χ1) is 15.9. The van der Waals surface area contributed by atoms with Crippen molar-refractivity contribution in [2.75, 3.05) is 5.32 Å². The molecule has 2 aromatic heterocycles. The second kappa shape index (κ2) is 9.39. The Hall–Kier alpha value is -4.41. The molecule has 4 aromatic rings. The summed E-state index contributed by atoms with van der Waals surface area (Å²) >= 11 is 5.93. The minimum Gasteiger partial charge on any atom is -0.438 e. The fourth-order valence-electron chi connectivity index (χ4n) is 3.11. The maximum absolute atomic E-state index is 13.2. The third kappa shape index (κ3) is 4.92. The molecule has 1 amide bonds. The highest BCUT2D eigenvalue weighted by atomic mass is 35.5. The van der Waals surface area contributed by atoms with Gasteiger partial charge < -0.3 is 10.1 Å². The number of carbonyl (C=O) groups is 1. The van der Waals surface area contributed by atoms with E-state index in [1.54, 1.807) is 66.9 Å². The van der Waals surface area contributed by atoms with Gasteiger partial charge >= 0.3 is 0 Å². The van der Waals surface area contributed by atoms with Gasteiger partial charge in [-0.1, -0.05) is 29.8 Å². The molecule has 7 nitrogen and oxygen atoms in total. The summed E-state index contributed by atoms with van der Waals surface area (Å²) in [6.45, 7) is 1.89. The van der Waals surface area contributed by atoms with E-state index in [9.17, 15) is 14.9 Å². The number of pyridine rings is 1. The molecule has 1 N–H and O–H groups in total. The minimum absolute atomic E-state index is 0.0374. The molecule has 0 atom stereocenters. The average molecular weight is 457 g/mol. The first kappa shape index (κ1) is 21.8. The van der Waals surface area contributed by atoms with E-state index in [0.29, 0.717) is 22.1 Å². The SMILES string of the molecule is Cc1cccc(NC(=O)/C(C#N)=C\c2c(Oc3ccc(Cl)cc3)nc3ccccn3c2=O)c1. The number of halogens is 1. The molecule has 0 bridgehead atoms. The quantitative estimate of drug-likeness (QED) is 0.337. The van der Waals surface area contributed by atoms with E-state index in [0.717, 1.165) is 5.56 Å². The summed E-state index contributed by atoms with van der Waals surface area (Å²) in [4.78, 5) is 30.4. The predicted octanol–water partition coefficient (Wildman–Crippen LogP) is 4.99. The first-order valence-corrected chi connectivity index (χ1v) is 10.3. The van der Waals surface area contributed by atoms with E-state index in [-0.39, 0.29) is 17.0 Å². The molecule has 0 spiro atoms. The van der Waals surface area contributed by atoms with Crippen molar-refractivity contribution in [3.63, 3.8) is 0 Å². The molecule has 0 saturated heterocycles. The normalized spacial score (nSPS) is 11.1. The average Bonchev–Trinajstić information content (AvgIpc) is 2.80. The van der Waals surface area contributed by atoms with Crippen LogP contribution in [0.15, 0.2) is 83.3 Å². The molecule has 0 fully saturated rings. The highest BCUT2D eigenvalue weighted by Gasteiger charge is 2.17. The lowest BCUT2D eigenvalue weighted by atomic mass is 10.1. The predicted molar refractivity (Wildman–Crippen MR) is 126 cm³/mol. The van der Waals surface area contributed by atoms with E-state index in [4.69, 9.17) is 16.3 Å². The highest BCUT2D eigenvalue weighted by molar-refractivity contribution is 6.30. The van der Waals surface area contributed by atoms with Crippen molar-refractivity contribution in [2.24, 2.45) is 0 Å². The van der Waals surface area contributed by atoms with Gasteiger partial charge in [-0.25, -0.2) is 0 Å². The van der Waals surface area contributed by atoms with Crippen LogP contribution in [0.5, 0.6) is 11.6 Å². The van der Waals surface area contributed by atoms with Gasteiger partial charge in [0, 0.05) is 16.9 Å². The number of hydrogen-bond donors (Lipinski definition) is 1. The van der Waals surface area contributed by atoms with Crippen molar-refractivity contribution in [2.45, 2.75) is 6.92 Å². The van der Waals surface area contributed by atoms with Gasteiger partial charge in [0.25, 0.3) is 11.5 Å². The molecule has 33 heavy (non-hydrogen) atoms. The van der Waals surface area contributed by atoms with E-state index < -0.39 is 11.5 Å². The number of ether oxygens (including phenoxy) is 1. The van der Waals surface area contributed by atoms with Crippen LogP contribution in [0.2, 0.25) is 5.02 Å². The molecular weight excluding hydrogens is 440 g/mol. The lowest BCUT2D eigenvalue weighted by molar-refractivity contribution is -0.112. The second-order valence-electron chi connectivity index (χ2n) is 7.11. The fourth-order valence-corrected chi connectivity index (χ4v) is 3.24. The molecule has 0 saturated carbocycles. The van der Waals surface area contributed by atoms with E-state index in [1.807, 2.05) is 19.1 Å². The zero-order valence-corrected chi connectivity index (χ0v) is 18.2. The lowest BCUT2D eigenvalue weighted by Crippen LogP contribution is -2.20. The van der Waals surface area contributed by atoms with Gasteiger partial charge in [0.15, 0.2) is 0 Å². The van der Waals surface area contributed by atoms with Crippen molar-refractivity contribution < 1.29 is 9.53 Å². The number of nitrogens with one attached hydrogen (secondary N) is 1. The Labute approximate surface area is 194 Å². The van der Waals surface area contributed by atoms with Gasteiger partial charge in [-0.2, -0.15) is 10.2 Å². The fraction of sp³-hybridized carbons (Fsp3) is 0.0400. The third-order valence-corrected chi connectivity index (χ3v) is 4.94. The number of nitrogens with zero attached hydrogens (tertiary/aromatic N) is 3. The Morgan fingerprint density at radius 1 is 1.15 bits per heavy atom. The lowest BCUT2D eigenvalue weighted by Gasteiger charge is -2.10. The second-order valence-corrected chi connectivity index (χ2v) is 7.55. The van der Waals surface area contributed by atoms with E-state index >= 15 is 0 Å². The molecule has 0 aliphatic heterocycles. The molecule has 0 aliphatic carbocycles. The number of carbonyl (C=O) groups excluding carboxylic acids is 1. The van der Waals surface area contributed by atoms with Crippen molar-refractivity contribution >= 4 is 34.9 Å². The Bertz CT molecular complexity index is 1480. The van der Waals surface area contributed by atoms with Gasteiger partial charge in [-0.15, -0.1) is 0 Å². The van der Waals surface area contributed by atoms with E-state index in [2.05, 4.69) is 10.3 Å². The third-order valence-electron chi connectivity index (χ3n) is 4.69. The molecule has 162 valence electrons. The smallest absolute Gasteiger partial charge is 0.269 e. The maximum Gasteiger partial charge on any atom is 0.269 e. The van der Waals surface area contributed by atoms with Gasteiger partial charge in [-0.3, -0.25) is 14.0 Å². The number of amides is 1. The van der Waals surface area contributed by atoms with Crippen LogP contribution in [-0.2, 0) is 4.79 Å². The summed E-state index contributed by atoms with van der Waals surface area (Å²) in [6.07, 6.45) is 2.73. The van der Waals surface area contributed by atoms with Crippen LogP contribution in [0.25, 0.3) is 11.7 Å². The van der Waals surface area contributed by atoms with Gasteiger partial charge in [0.2, 0.25) is 5.88 Å². The van der Waals surface area contributed by atoms with Crippen molar-refractivity contribution in [1.82, 2.24) is 9.38 Å². The summed E-state index contributed by atoms with van der Waals surface area (Å²) in [7, 11) is 0. The van der Waals surface area contributed by atoms with Gasteiger partial charge in [0.1, 0.15) is 28.6 Å². The summed E-state index contributed by atoms with van der Waals surface area (Å²) in [5.41, 5.74) is 1.04. The molecule has 2 heterocycles. The monoisotopic (exact) mass is 456 g/mol. The van der Waals surface area contributed by atoms with Crippen molar-refractivity contribution in [1.29, 1.82) is 5.26 Å². The van der Waals surface area contributed by atoms with Gasteiger partial charge in [-0.05, 0) is 67.1 Å². The summed E-state index contributed by atoms with van der Waals surface area (Å²) < 4.78 is 7.16. The van der Waals surface area contributed by atoms with Crippen molar-refractivity contribution in [3.8, 4) is 17.7 Å². The molecule has 0 aliphatic rings. The van der Waals surface area contributed by atoms with Crippen LogP contribution in [0.1, 0.15) is 11.1 Å². The Morgan fingerprint density at radius 2 is 1.94 bits per heavy atom. The number of aromatic nitrogens is 2. The number of nitriles is 1. The highest BCUT2D eigenvalue weighted by Crippen LogP contribution is 2.25. The molecule has 0 radical (unpaired) electrons. The standard InChI is InChI=1S/C25H17ClN4O3/c1-16-5-4-6-19(13-16)28-23(31)17(15-27)14-21-24(33-20-10-8-18(26)9-11-20)29-22-7-2-3-12-30(22)25(21)32/h2-14H,1H3,(H,28,31)/b17-14-. The summed E-state index contributed by atoms with van der Waals surface area (Å²) in [5.74, 6) is -0.299. The van der Waals surface area contributed by atoms with Crippen LogP contribution in [0.4, 0.5) is 5.69 Å². The van der Waals surface area contributed by atoms with Gasteiger partial charge in [0.05, 0.1) is 0 Å². The zero-order valence-electron chi connectivity index (χ0n) is 17.4. The van der Waals surface area contributed by atoms with Crippen LogP contribution in [-0.4, -0.2) is 15.3 Å². The molecule has 4 rings (SSSR count). The number of fused-ring (bicyclic) bond motifs is 1. The number of hydrogen-bond acceptors (Lipinski definition) is 5. The largest absolute Gasteiger partial charge is 0.438 e. The molecule has 0 unspecified atom stereocenters. The number of benzene rings is 2. The molecule has 2 aromatic carbocycles. The molecule has 8 heteroatoms. The van der Waals surface area contributed by atoms with Crippen molar-refractivity contribution in [3.05, 3.63) is 105 Å². The zero-order chi connectivity index (χ0) is 23.4. The number of anilines is 1. The van der Waals surface area contributed by atoms with E-state index in [1.165, 1.54) is 10.5 Å². The maximum atomic E-state index is 13.2. The first-order valence-electron chi connectivity index (χ1n) is 9.89. The van der Waals surface area contributed by atoms with Crippen LogP contribution in [0.3, 0.4) is 0 Å². The number of rotatable bonds is 5. The minimum atomic E-state index is -0.655. The van der Waals surface area contributed by atoms with Crippen LogP contribution in [0, 0.1) is 18.3 Å². The number of aryl methyl sites for hydroxylation is 1. The Morgan fingerprint density at radius 3 is 2.67 bits per heavy atom.